The van der Waals surface area contributed by atoms with E-state index < -0.39 is 0 Å². The van der Waals surface area contributed by atoms with Crippen molar-refractivity contribution in [1.82, 2.24) is 19.7 Å². The number of ether oxygens (including phenoxy) is 2. The smallest absolute Gasteiger partial charge is 0.255 e. The number of nitrogens with zero attached hydrogens (tertiary/aromatic N) is 4. The average molecular weight is 453 g/mol. The molecule has 0 aliphatic carbocycles. The van der Waals surface area contributed by atoms with Gasteiger partial charge in [0.15, 0.2) is 11.5 Å². The van der Waals surface area contributed by atoms with Gasteiger partial charge < -0.3 is 19.3 Å². The first-order valence-electron chi connectivity index (χ1n) is 11.5. The largest absolute Gasteiger partial charge is 0.493 e. The topological polar surface area (TPSA) is 75.2 Å². The number of likely N-dealkylation sites (tertiary alicyclic amines) is 1. The third-order valence-electron chi connectivity index (χ3n) is 6.38. The molecule has 0 saturated carbocycles. The monoisotopic (exact) mass is 452 g/mol. The summed E-state index contributed by atoms with van der Waals surface area (Å²) in [4.78, 5) is 34.4. The van der Waals surface area contributed by atoms with E-state index >= 15 is 0 Å². The molecule has 0 spiro atoms. The maximum atomic E-state index is 12.7. The zero-order chi connectivity index (χ0) is 23.2. The van der Waals surface area contributed by atoms with Crippen molar-refractivity contribution in [2.24, 2.45) is 0 Å². The summed E-state index contributed by atoms with van der Waals surface area (Å²) in [6.45, 7) is 7.01. The number of pyridine rings is 1. The SMILES string of the molecule is COc1ccc(CN2CCN(C(C)=O)CC2)cc1OC1CCN(C(=O)c2cccnc2)CC1. The third-order valence-corrected chi connectivity index (χ3v) is 6.38. The molecular formula is C25H32N4O4. The molecule has 176 valence electrons. The van der Waals surface area contributed by atoms with Gasteiger partial charge in [-0.2, -0.15) is 0 Å². The lowest BCUT2D eigenvalue weighted by molar-refractivity contribution is -0.130. The summed E-state index contributed by atoms with van der Waals surface area (Å²) in [6, 6.07) is 9.67. The van der Waals surface area contributed by atoms with E-state index in [4.69, 9.17) is 9.47 Å². The van der Waals surface area contributed by atoms with Crippen LogP contribution in [0.1, 0.15) is 35.7 Å². The van der Waals surface area contributed by atoms with Crippen molar-refractivity contribution in [2.75, 3.05) is 46.4 Å². The summed E-state index contributed by atoms with van der Waals surface area (Å²) in [5.41, 5.74) is 1.78. The minimum atomic E-state index is 0.0194. The molecule has 0 radical (unpaired) electrons. The van der Waals surface area contributed by atoms with Crippen molar-refractivity contribution < 1.29 is 19.1 Å². The fourth-order valence-electron chi connectivity index (χ4n) is 4.42. The molecule has 2 amide bonds. The molecule has 8 heteroatoms. The van der Waals surface area contributed by atoms with Crippen molar-refractivity contribution in [2.45, 2.75) is 32.4 Å². The number of carbonyl (C=O) groups excluding carboxylic acids is 2. The Balaban J connectivity index is 1.33. The van der Waals surface area contributed by atoms with Gasteiger partial charge in [0, 0.05) is 78.0 Å². The van der Waals surface area contributed by atoms with Crippen LogP contribution >= 0.6 is 0 Å². The number of carbonyl (C=O) groups is 2. The van der Waals surface area contributed by atoms with E-state index in [9.17, 15) is 9.59 Å². The maximum Gasteiger partial charge on any atom is 0.255 e. The van der Waals surface area contributed by atoms with E-state index in [1.165, 1.54) is 0 Å². The number of amides is 2. The maximum absolute atomic E-state index is 12.7. The molecule has 1 aromatic heterocycles. The van der Waals surface area contributed by atoms with Gasteiger partial charge in [-0.3, -0.25) is 19.5 Å². The predicted molar refractivity (Wildman–Crippen MR) is 124 cm³/mol. The zero-order valence-corrected chi connectivity index (χ0v) is 19.4. The van der Waals surface area contributed by atoms with E-state index in [0.717, 1.165) is 56.9 Å². The van der Waals surface area contributed by atoms with Gasteiger partial charge in [-0.05, 0) is 29.8 Å². The van der Waals surface area contributed by atoms with Gasteiger partial charge in [0.2, 0.25) is 5.91 Å². The van der Waals surface area contributed by atoms with E-state index in [0.29, 0.717) is 24.4 Å². The van der Waals surface area contributed by atoms with Crippen LogP contribution in [0.4, 0.5) is 0 Å². The molecular weight excluding hydrogens is 420 g/mol. The highest BCUT2D eigenvalue weighted by Crippen LogP contribution is 2.31. The van der Waals surface area contributed by atoms with Crippen LogP contribution in [-0.2, 0) is 11.3 Å². The first-order chi connectivity index (χ1) is 16.0. The van der Waals surface area contributed by atoms with Gasteiger partial charge in [-0.1, -0.05) is 6.07 Å². The van der Waals surface area contributed by atoms with Crippen LogP contribution in [0, 0.1) is 0 Å². The number of piperidine rings is 1. The van der Waals surface area contributed by atoms with Crippen molar-refractivity contribution in [1.29, 1.82) is 0 Å². The lowest BCUT2D eigenvalue weighted by atomic mass is 10.1. The molecule has 0 bridgehead atoms. The average Bonchev–Trinajstić information content (AvgIpc) is 2.85. The summed E-state index contributed by atoms with van der Waals surface area (Å²) >= 11 is 0. The molecule has 0 N–H and O–H groups in total. The van der Waals surface area contributed by atoms with Gasteiger partial charge >= 0.3 is 0 Å². The van der Waals surface area contributed by atoms with Gasteiger partial charge in [0.05, 0.1) is 12.7 Å². The Labute approximate surface area is 195 Å². The zero-order valence-electron chi connectivity index (χ0n) is 19.4. The molecule has 0 atom stereocenters. The number of rotatable bonds is 6. The number of hydrogen-bond acceptors (Lipinski definition) is 6. The second-order valence-corrected chi connectivity index (χ2v) is 8.62. The molecule has 33 heavy (non-hydrogen) atoms. The highest BCUT2D eigenvalue weighted by molar-refractivity contribution is 5.93. The van der Waals surface area contributed by atoms with Crippen molar-refractivity contribution in [3.63, 3.8) is 0 Å². The first-order valence-corrected chi connectivity index (χ1v) is 11.5. The highest BCUT2D eigenvalue weighted by atomic mass is 16.5. The Morgan fingerprint density at radius 2 is 1.76 bits per heavy atom. The molecule has 2 aromatic rings. The summed E-state index contributed by atoms with van der Waals surface area (Å²) in [7, 11) is 1.65. The number of benzene rings is 1. The molecule has 4 rings (SSSR count). The molecule has 2 saturated heterocycles. The first kappa shape index (κ1) is 23.0. The van der Waals surface area contributed by atoms with E-state index in [1.807, 2.05) is 15.9 Å². The Morgan fingerprint density at radius 3 is 2.39 bits per heavy atom. The lowest BCUT2D eigenvalue weighted by Gasteiger charge is -2.34. The second kappa shape index (κ2) is 10.7. The van der Waals surface area contributed by atoms with Gasteiger partial charge in [-0.25, -0.2) is 0 Å². The van der Waals surface area contributed by atoms with Crippen LogP contribution < -0.4 is 9.47 Å². The quantitative estimate of drug-likeness (QED) is 0.670. The van der Waals surface area contributed by atoms with Crippen LogP contribution in [0.2, 0.25) is 0 Å². The van der Waals surface area contributed by atoms with E-state index in [1.54, 1.807) is 38.6 Å². The third kappa shape index (κ3) is 5.82. The van der Waals surface area contributed by atoms with Crippen molar-refractivity contribution in [3.8, 4) is 11.5 Å². The molecule has 2 aliphatic rings. The van der Waals surface area contributed by atoms with Crippen LogP contribution in [0.25, 0.3) is 0 Å². The minimum Gasteiger partial charge on any atom is -0.493 e. The molecule has 8 nitrogen and oxygen atoms in total. The fraction of sp³-hybridized carbons (Fsp3) is 0.480. The van der Waals surface area contributed by atoms with Crippen LogP contribution in [0.5, 0.6) is 11.5 Å². The fourth-order valence-corrected chi connectivity index (χ4v) is 4.42. The molecule has 2 fully saturated rings. The number of aromatic nitrogens is 1. The van der Waals surface area contributed by atoms with E-state index in [-0.39, 0.29) is 17.9 Å². The van der Waals surface area contributed by atoms with Crippen molar-refractivity contribution >= 4 is 11.8 Å². The number of piperazine rings is 1. The van der Waals surface area contributed by atoms with Crippen LogP contribution in [-0.4, -0.2) is 84.0 Å². The standard InChI is InChI=1S/C25H32N4O4/c1-19(30)28-14-12-27(13-15-28)18-20-5-6-23(32-2)24(16-20)33-22-7-10-29(11-8-22)25(31)21-4-3-9-26-17-21/h3-6,9,16-17,22H,7-8,10-15,18H2,1-2H3. The van der Waals surface area contributed by atoms with Gasteiger partial charge in [-0.15, -0.1) is 0 Å². The van der Waals surface area contributed by atoms with Gasteiger partial charge in [0.25, 0.3) is 5.91 Å². The van der Waals surface area contributed by atoms with Crippen LogP contribution in [0.15, 0.2) is 42.7 Å². The molecule has 1 aromatic carbocycles. The Kier molecular flexibility index (Phi) is 7.44. The van der Waals surface area contributed by atoms with Crippen molar-refractivity contribution in [3.05, 3.63) is 53.9 Å². The minimum absolute atomic E-state index is 0.0194. The lowest BCUT2D eigenvalue weighted by Crippen LogP contribution is -2.47. The molecule has 0 unspecified atom stereocenters. The Bertz CT molecular complexity index is 952. The number of methoxy groups -OCH3 is 1. The summed E-state index contributed by atoms with van der Waals surface area (Å²) in [6.07, 6.45) is 4.86. The Hall–Kier alpha value is -3.13. The summed E-state index contributed by atoms with van der Waals surface area (Å²) in [5, 5.41) is 0. The molecule has 2 aliphatic heterocycles. The number of hydrogen-bond donors (Lipinski definition) is 0. The van der Waals surface area contributed by atoms with E-state index in [2.05, 4.69) is 22.0 Å². The summed E-state index contributed by atoms with van der Waals surface area (Å²) < 4.78 is 11.9. The predicted octanol–water partition coefficient (Wildman–Crippen LogP) is 2.44. The molecule has 3 heterocycles. The summed E-state index contributed by atoms with van der Waals surface area (Å²) in [5.74, 6) is 1.62. The van der Waals surface area contributed by atoms with Gasteiger partial charge in [0.1, 0.15) is 6.10 Å². The highest BCUT2D eigenvalue weighted by Gasteiger charge is 2.26. The van der Waals surface area contributed by atoms with Crippen LogP contribution in [0.3, 0.4) is 0 Å². The second-order valence-electron chi connectivity index (χ2n) is 8.62. The normalized spacial score (nSPS) is 17.6. The Morgan fingerprint density at radius 1 is 1.00 bits per heavy atom.